The Kier molecular flexibility index (Phi) is 7.01. The van der Waals surface area contributed by atoms with E-state index in [1.165, 1.54) is 65.4 Å². The molecular weight excluding hydrogens is 470 g/mol. The lowest BCUT2D eigenvalue weighted by Gasteiger charge is -2.18. The third-order valence-corrected chi connectivity index (χ3v) is 9.28. The molecule has 8 heteroatoms. The highest BCUT2D eigenvalue weighted by Gasteiger charge is 2.25. The highest BCUT2D eigenvalue weighted by molar-refractivity contribution is 7.99. The van der Waals surface area contributed by atoms with Gasteiger partial charge in [0.15, 0.2) is 5.69 Å². The maximum Gasteiger partial charge on any atom is 0.228 e. The van der Waals surface area contributed by atoms with Crippen molar-refractivity contribution in [3.63, 3.8) is 0 Å². The molecule has 0 radical (unpaired) electrons. The molecule has 2 aromatic carbocycles. The summed E-state index contributed by atoms with van der Waals surface area (Å²) >= 11 is 1.48. The quantitative estimate of drug-likeness (QED) is 0.193. The molecule has 0 atom stereocenters. The molecule has 1 aromatic heterocycles. The summed E-state index contributed by atoms with van der Waals surface area (Å²) in [5, 5.41) is 9.17. The van der Waals surface area contributed by atoms with Crippen LogP contribution in [-0.4, -0.2) is 29.4 Å². The lowest BCUT2D eigenvalue weighted by atomic mass is 9.99. The number of fused-ring (bicyclic) bond motifs is 2. The van der Waals surface area contributed by atoms with Crippen molar-refractivity contribution in [2.45, 2.75) is 81.0 Å². The molecule has 35 heavy (non-hydrogen) atoms. The van der Waals surface area contributed by atoms with Gasteiger partial charge >= 0.3 is 0 Å². The van der Waals surface area contributed by atoms with Crippen molar-refractivity contribution in [3.05, 3.63) is 64.0 Å². The molecule has 0 amide bonds. The van der Waals surface area contributed by atoms with E-state index in [1.54, 1.807) is 0 Å². The van der Waals surface area contributed by atoms with Gasteiger partial charge in [-0.15, -0.1) is 5.10 Å². The fourth-order valence-corrected chi connectivity index (χ4v) is 6.44. The lowest BCUT2D eigenvalue weighted by molar-refractivity contribution is 0.0792. The van der Waals surface area contributed by atoms with Crippen molar-refractivity contribution < 1.29 is 4.74 Å². The minimum Gasteiger partial charge on any atom is -0.359 e. The summed E-state index contributed by atoms with van der Waals surface area (Å²) < 4.78 is 7.93. The SMILES string of the molecule is [C-]#[N+]c1cccc(Sc2nc(Nc3c4c(cc5c3CCC5)CCC4)n(COCC[Si](C)(C)C)n2)c1. The third kappa shape index (κ3) is 5.63. The van der Waals surface area contributed by atoms with E-state index in [2.05, 4.69) is 35.9 Å². The van der Waals surface area contributed by atoms with E-state index in [0.29, 0.717) is 17.6 Å². The molecule has 2 aliphatic carbocycles. The van der Waals surface area contributed by atoms with Crippen molar-refractivity contribution in [1.82, 2.24) is 14.8 Å². The van der Waals surface area contributed by atoms with Gasteiger partial charge in [0.1, 0.15) is 6.73 Å². The molecule has 0 bridgehead atoms. The van der Waals surface area contributed by atoms with Crippen LogP contribution < -0.4 is 5.32 Å². The van der Waals surface area contributed by atoms with Gasteiger partial charge in [-0.3, -0.25) is 0 Å². The highest BCUT2D eigenvalue weighted by Crippen LogP contribution is 2.40. The number of aryl methyl sites for hydroxylation is 2. The van der Waals surface area contributed by atoms with Gasteiger partial charge in [0.05, 0.1) is 6.57 Å². The largest absolute Gasteiger partial charge is 0.359 e. The van der Waals surface area contributed by atoms with Crippen molar-refractivity contribution in [2.75, 3.05) is 11.9 Å². The minimum absolute atomic E-state index is 0.375. The number of hydrogen-bond donors (Lipinski definition) is 1. The summed E-state index contributed by atoms with van der Waals surface area (Å²) in [6.45, 7) is 15.5. The Bertz CT molecular complexity index is 1240. The molecule has 1 heterocycles. The predicted molar refractivity (Wildman–Crippen MR) is 145 cm³/mol. The second-order valence-electron chi connectivity index (χ2n) is 10.6. The van der Waals surface area contributed by atoms with E-state index in [0.717, 1.165) is 36.3 Å². The average molecular weight is 504 g/mol. The number of hydrogen-bond acceptors (Lipinski definition) is 5. The monoisotopic (exact) mass is 503 g/mol. The van der Waals surface area contributed by atoms with Crippen molar-refractivity contribution in [3.8, 4) is 0 Å². The Hall–Kier alpha value is -2.60. The Morgan fingerprint density at radius 2 is 1.83 bits per heavy atom. The van der Waals surface area contributed by atoms with E-state index >= 15 is 0 Å². The zero-order chi connectivity index (χ0) is 24.4. The molecule has 3 aromatic rings. The Balaban J connectivity index is 1.43. The van der Waals surface area contributed by atoms with Crippen LogP contribution in [0.1, 0.15) is 35.1 Å². The Morgan fingerprint density at radius 1 is 1.09 bits per heavy atom. The summed E-state index contributed by atoms with van der Waals surface area (Å²) in [4.78, 5) is 9.40. The molecule has 2 aliphatic rings. The predicted octanol–water partition coefficient (Wildman–Crippen LogP) is 7.01. The summed E-state index contributed by atoms with van der Waals surface area (Å²) in [5.74, 6) is 0.733. The van der Waals surface area contributed by atoms with Crippen LogP contribution in [0.4, 0.5) is 17.3 Å². The van der Waals surface area contributed by atoms with Crippen molar-refractivity contribution in [2.24, 2.45) is 0 Å². The summed E-state index contributed by atoms with van der Waals surface area (Å²) in [6, 6.07) is 11.2. The molecule has 1 N–H and O–H groups in total. The topological polar surface area (TPSA) is 56.3 Å². The van der Waals surface area contributed by atoms with Gasteiger partial charge in [0, 0.05) is 25.3 Å². The summed E-state index contributed by atoms with van der Waals surface area (Å²) in [6.07, 6.45) is 7.02. The smallest absolute Gasteiger partial charge is 0.228 e. The highest BCUT2D eigenvalue weighted by atomic mass is 32.2. The molecule has 5 rings (SSSR count). The number of aromatic nitrogens is 3. The first-order chi connectivity index (χ1) is 16.9. The zero-order valence-corrected chi connectivity index (χ0v) is 22.7. The van der Waals surface area contributed by atoms with Gasteiger partial charge in [0.25, 0.3) is 0 Å². The van der Waals surface area contributed by atoms with Crippen molar-refractivity contribution >= 4 is 37.2 Å². The number of anilines is 2. The first-order valence-electron chi connectivity index (χ1n) is 12.5. The van der Waals surface area contributed by atoms with E-state index in [1.807, 2.05) is 28.9 Å². The van der Waals surface area contributed by atoms with Gasteiger partial charge in [-0.2, -0.15) is 4.98 Å². The molecule has 0 saturated carbocycles. The summed E-state index contributed by atoms with van der Waals surface area (Å²) in [5.41, 5.74) is 7.79. The second-order valence-corrected chi connectivity index (χ2v) is 17.3. The van der Waals surface area contributed by atoms with E-state index in [9.17, 15) is 0 Å². The molecule has 0 fully saturated rings. The number of ether oxygens (including phenoxy) is 1. The fourth-order valence-electron chi connectivity index (χ4n) is 4.88. The number of rotatable bonds is 9. The first kappa shape index (κ1) is 24.1. The van der Waals surface area contributed by atoms with Crippen LogP contribution in [0.5, 0.6) is 0 Å². The molecule has 182 valence electrons. The Labute approximate surface area is 213 Å². The third-order valence-electron chi connectivity index (χ3n) is 6.73. The van der Waals surface area contributed by atoms with Crippen LogP contribution in [0.2, 0.25) is 25.7 Å². The van der Waals surface area contributed by atoms with Crippen LogP contribution in [0.15, 0.2) is 40.4 Å². The van der Waals surface area contributed by atoms with Crippen LogP contribution in [-0.2, 0) is 37.2 Å². The molecule has 0 unspecified atom stereocenters. The standard InChI is InChI=1S/C27H33N5OSSi/c1-28-21-10-7-11-22(17-21)34-27-30-26(32(31-27)18-33-14-15-35(2,3)4)29-25-23-12-5-8-19(23)16-20-9-6-13-24(20)25/h7,10-11,16-17H,5-6,8-9,12-15,18H2,2-4H3,(H,29,30,31). The van der Waals surface area contributed by atoms with Crippen LogP contribution >= 0.6 is 11.8 Å². The van der Waals surface area contributed by atoms with Crippen molar-refractivity contribution in [1.29, 1.82) is 0 Å². The van der Waals surface area contributed by atoms with Gasteiger partial charge in [0.2, 0.25) is 11.1 Å². The zero-order valence-electron chi connectivity index (χ0n) is 20.9. The number of nitrogens with one attached hydrogen (secondary N) is 1. The van der Waals surface area contributed by atoms with Crippen LogP contribution in [0, 0.1) is 6.57 Å². The van der Waals surface area contributed by atoms with Crippen LogP contribution in [0.3, 0.4) is 0 Å². The van der Waals surface area contributed by atoms with Gasteiger partial charge < -0.3 is 10.1 Å². The van der Waals surface area contributed by atoms with Gasteiger partial charge in [-0.1, -0.05) is 43.9 Å². The lowest BCUT2D eigenvalue weighted by Crippen LogP contribution is -2.22. The molecule has 0 saturated heterocycles. The molecule has 0 aliphatic heterocycles. The molecule has 0 spiro atoms. The fraction of sp³-hybridized carbons (Fsp3) is 0.444. The Morgan fingerprint density at radius 3 is 2.51 bits per heavy atom. The van der Waals surface area contributed by atoms with Gasteiger partial charge in [-0.05, 0) is 84.7 Å². The number of benzene rings is 2. The molecule has 6 nitrogen and oxygen atoms in total. The van der Waals surface area contributed by atoms with Gasteiger partial charge in [-0.25, -0.2) is 9.53 Å². The maximum atomic E-state index is 7.30. The van der Waals surface area contributed by atoms with E-state index in [4.69, 9.17) is 21.4 Å². The normalized spacial score (nSPS) is 14.6. The molecular formula is C27H33N5OSSi. The van der Waals surface area contributed by atoms with E-state index in [-0.39, 0.29) is 0 Å². The maximum absolute atomic E-state index is 7.30. The second kappa shape index (κ2) is 10.2. The van der Waals surface area contributed by atoms with Crippen LogP contribution in [0.25, 0.3) is 4.85 Å². The minimum atomic E-state index is -1.16. The van der Waals surface area contributed by atoms with E-state index < -0.39 is 8.07 Å². The summed E-state index contributed by atoms with van der Waals surface area (Å²) in [7, 11) is -1.16. The first-order valence-corrected chi connectivity index (χ1v) is 17.0. The number of nitrogens with zero attached hydrogens (tertiary/aromatic N) is 4. The average Bonchev–Trinajstić information content (AvgIpc) is 3.56.